The highest BCUT2D eigenvalue weighted by molar-refractivity contribution is 8.01. The first kappa shape index (κ1) is 18.4. The van der Waals surface area contributed by atoms with E-state index in [9.17, 15) is 9.59 Å². The molecule has 1 amide bonds. The van der Waals surface area contributed by atoms with Crippen LogP contribution in [0.2, 0.25) is 0 Å². The number of rotatable bonds is 8. The quantitative estimate of drug-likeness (QED) is 0.525. The molecule has 25 heavy (non-hydrogen) atoms. The number of thioether (sulfide) groups is 1. The van der Waals surface area contributed by atoms with E-state index < -0.39 is 12.1 Å². The van der Waals surface area contributed by atoms with Gasteiger partial charge in [-0.05, 0) is 32.6 Å². The molecule has 1 aromatic rings. The third kappa shape index (κ3) is 6.14. The van der Waals surface area contributed by atoms with Crippen LogP contribution in [-0.2, 0) is 14.3 Å². The van der Waals surface area contributed by atoms with Crippen LogP contribution in [0.4, 0.5) is 5.13 Å². The first-order valence-electron chi connectivity index (χ1n) is 8.83. The number of amides is 1. The summed E-state index contributed by atoms with van der Waals surface area (Å²) in [7, 11) is 0. The lowest BCUT2D eigenvalue weighted by molar-refractivity contribution is -0.152. The summed E-state index contributed by atoms with van der Waals surface area (Å²) in [6.45, 7) is 1.59. The van der Waals surface area contributed by atoms with Gasteiger partial charge in [-0.25, -0.2) is 0 Å². The van der Waals surface area contributed by atoms with Gasteiger partial charge in [0, 0.05) is 12.1 Å². The van der Waals surface area contributed by atoms with Gasteiger partial charge in [-0.3, -0.25) is 9.59 Å². The molecule has 0 aromatic carbocycles. The van der Waals surface area contributed by atoms with Crippen molar-refractivity contribution in [1.82, 2.24) is 15.5 Å². The van der Waals surface area contributed by atoms with Crippen molar-refractivity contribution in [3.8, 4) is 0 Å². The Bertz CT molecular complexity index is 600. The van der Waals surface area contributed by atoms with E-state index in [-0.39, 0.29) is 17.7 Å². The molecule has 138 valence electrons. The Labute approximate surface area is 155 Å². The third-order valence-electron chi connectivity index (χ3n) is 4.25. The second-order valence-corrected chi connectivity index (χ2v) is 8.76. The average Bonchev–Trinajstić information content (AvgIpc) is 3.31. The predicted molar refractivity (Wildman–Crippen MR) is 97.8 cm³/mol. The van der Waals surface area contributed by atoms with Gasteiger partial charge in [0.2, 0.25) is 5.13 Å². The number of ether oxygens (including phenoxy) is 1. The number of anilines is 1. The molecule has 1 atom stereocenters. The van der Waals surface area contributed by atoms with Crippen LogP contribution in [0.15, 0.2) is 4.34 Å². The number of carbonyl (C=O) groups excluding carboxylic acids is 2. The molecule has 1 aromatic heterocycles. The highest BCUT2D eigenvalue weighted by Crippen LogP contribution is 2.28. The average molecular weight is 385 g/mol. The maximum Gasteiger partial charge on any atom is 0.317 e. The van der Waals surface area contributed by atoms with Crippen molar-refractivity contribution >= 4 is 40.1 Å². The van der Waals surface area contributed by atoms with Gasteiger partial charge in [0.1, 0.15) is 0 Å². The van der Waals surface area contributed by atoms with E-state index in [0.717, 1.165) is 22.3 Å². The Morgan fingerprint density at radius 3 is 2.68 bits per heavy atom. The topological polar surface area (TPSA) is 93.2 Å². The van der Waals surface area contributed by atoms with E-state index in [4.69, 9.17) is 4.74 Å². The number of carbonyl (C=O) groups is 2. The first-order chi connectivity index (χ1) is 12.1. The first-order valence-corrected chi connectivity index (χ1v) is 10.6. The van der Waals surface area contributed by atoms with E-state index in [1.807, 2.05) is 0 Å². The summed E-state index contributed by atoms with van der Waals surface area (Å²) >= 11 is 2.74. The van der Waals surface area contributed by atoms with Crippen molar-refractivity contribution in [2.75, 3.05) is 11.1 Å². The Morgan fingerprint density at radius 1 is 1.20 bits per heavy atom. The third-order valence-corrected chi connectivity index (χ3v) is 6.22. The van der Waals surface area contributed by atoms with Crippen molar-refractivity contribution in [1.29, 1.82) is 0 Å². The van der Waals surface area contributed by atoms with Crippen LogP contribution >= 0.6 is 23.1 Å². The Hall–Kier alpha value is -1.35. The SMILES string of the molecule is C[C@H](OC(=O)CSc1nnc(NC2CCCCC2)s1)C(=O)NC1CC1. The minimum atomic E-state index is -0.758. The molecule has 0 bridgehead atoms. The maximum absolute atomic E-state index is 11.9. The number of esters is 1. The number of hydrogen-bond acceptors (Lipinski definition) is 8. The predicted octanol–water partition coefficient (Wildman–Crippen LogP) is 2.59. The van der Waals surface area contributed by atoms with E-state index >= 15 is 0 Å². The van der Waals surface area contributed by atoms with Gasteiger partial charge in [0.05, 0.1) is 5.75 Å². The minimum absolute atomic E-state index is 0.124. The zero-order chi connectivity index (χ0) is 17.6. The van der Waals surface area contributed by atoms with Gasteiger partial charge in [-0.1, -0.05) is 42.4 Å². The molecule has 0 unspecified atom stereocenters. The number of hydrogen-bond donors (Lipinski definition) is 2. The molecule has 2 saturated carbocycles. The fraction of sp³-hybridized carbons (Fsp3) is 0.750. The van der Waals surface area contributed by atoms with Gasteiger partial charge < -0.3 is 15.4 Å². The number of nitrogens with one attached hydrogen (secondary N) is 2. The zero-order valence-electron chi connectivity index (χ0n) is 14.3. The van der Waals surface area contributed by atoms with Gasteiger partial charge in [0.25, 0.3) is 5.91 Å². The van der Waals surface area contributed by atoms with Crippen LogP contribution in [-0.4, -0.2) is 46.0 Å². The molecule has 2 aliphatic rings. The van der Waals surface area contributed by atoms with E-state index in [2.05, 4.69) is 20.8 Å². The largest absolute Gasteiger partial charge is 0.452 e. The van der Waals surface area contributed by atoms with Crippen molar-refractivity contribution in [2.45, 2.75) is 74.4 Å². The summed E-state index contributed by atoms with van der Waals surface area (Å²) in [4.78, 5) is 23.6. The van der Waals surface area contributed by atoms with Crippen LogP contribution in [0.1, 0.15) is 51.9 Å². The van der Waals surface area contributed by atoms with Crippen molar-refractivity contribution in [3.05, 3.63) is 0 Å². The fourth-order valence-electron chi connectivity index (χ4n) is 2.70. The zero-order valence-corrected chi connectivity index (χ0v) is 16.0. The van der Waals surface area contributed by atoms with Gasteiger partial charge in [0.15, 0.2) is 10.4 Å². The van der Waals surface area contributed by atoms with Crippen LogP contribution in [0, 0.1) is 0 Å². The number of nitrogens with zero attached hydrogens (tertiary/aromatic N) is 2. The van der Waals surface area contributed by atoms with Crippen LogP contribution in [0.5, 0.6) is 0 Å². The molecule has 2 fully saturated rings. The van der Waals surface area contributed by atoms with Crippen LogP contribution in [0.3, 0.4) is 0 Å². The van der Waals surface area contributed by atoms with Crippen LogP contribution < -0.4 is 10.6 Å². The molecule has 7 nitrogen and oxygen atoms in total. The second-order valence-electron chi connectivity index (χ2n) is 6.56. The lowest BCUT2D eigenvalue weighted by atomic mass is 9.96. The van der Waals surface area contributed by atoms with E-state index in [1.54, 1.807) is 6.92 Å². The van der Waals surface area contributed by atoms with Gasteiger partial charge in [-0.2, -0.15) is 0 Å². The summed E-state index contributed by atoms with van der Waals surface area (Å²) in [5.41, 5.74) is 0. The van der Waals surface area contributed by atoms with E-state index in [0.29, 0.717) is 6.04 Å². The molecule has 3 rings (SSSR count). The molecule has 0 spiro atoms. The molecule has 2 N–H and O–H groups in total. The standard InChI is InChI=1S/C16H24N4O3S2/c1-10(14(22)17-12-7-8-12)23-13(21)9-24-16-20-19-15(25-16)18-11-5-3-2-4-6-11/h10-12H,2-9H2,1H3,(H,17,22)(H,18,19)/t10-/m0/s1. The molecular weight excluding hydrogens is 360 g/mol. The fourth-order valence-corrected chi connectivity index (χ4v) is 4.31. The number of aromatic nitrogens is 2. The smallest absolute Gasteiger partial charge is 0.317 e. The Balaban J connectivity index is 1.37. The normalized spacial score (nSPS) is 19.2. The molecule has 0 radical (unpaired) electrons. The van der Waals surface area contributed by atoms with Crippen LogP contribution in [0.25, 0.3) is 0 Å². The molecule has 0 aliphatic heterocycles. The summed E-state index contributed by atoms with van der Waals surface area (Å²) in [6.07, 6.45) is 7.45. The van der Waals surface area contributed by atoms with Gasteiger partial charge >= 0.3 is 5.97 Å². The Kier molecular flexibility index (Phi) is 6.52. The highest BCUT2D eigenvalue weighted by Gasteiger charge is 2.27. The summed E-state index contributed by atoms with van der Waals surface area (Å²) in [5.74, 6) is -0.518. The van der Waals surface area contributed by atoms with Crippen molar-refractivity contribution in [3.63, 3.8) is 0 Å². The van der Waals surface area contributed by atoms with Crippen molar-refractivity contribution in [2.24, 2.45) is 0 Å². The summed E-state index contributed by atoms with van der Waals surface area (Å²) in [5, 5.41) is 15.3. The molecular formula is C16H24N4O3S2. The molecule has 9 heteroatoms. The van der Waals surface area contributed by atoms with Gasteiger partial charge in [-0.15, -0.1) is 10.2 Å². The maximum atomic E-state index is 11.9. The second kappa shape index (κ2) is 8.84. The molecule has 1 heterocycles. The Morgan fingerprint density at radius 2 is 1.96 bits per heavy atom. The summed E-state index contributed by atoms with van der Waals surface area (Å²) < 4.78 is 5.89. The summed E-state index contributed by atoms with van der Waals surface area (Å²) in [6, 6.07) is 0.745. The lowest BCUT2D eigenvalue weighted by Crippen LogP contribution is -2.37. The molecule has 2 aliphatic carbocycles. The lowest BCUT2D eigenvalue weighted by Gasteiger charge is -2.21. The molecule has 0 saturated heterocycles. The monoisotopic (exact) mass is 384 g/mol. The highest BCUT2D eigenvalue weighted by atomic mass is 32.2. The van der Waals surface area contributed by atoms with Crippen molar-refractivity contribution < 1.29 is 14.3 Å². The van der Waals surface area contributed by atoms with E-state index in [1.165, 1.54) is 55.2 Å². The minimum Gasteiger partial charge on any atom is -0.452 e.